The lowest BCUT2D eigenvalue weighted by Crippen LogP contribution is -2.18. The van der Waals surface area contributed by atoms with Gasteiger partial charge in [-0.3, -0.25) is 10.00 Å². The highest BCUT2D eigenvalue weighted by molar-refractivity contribution is 6.30. The van der Waals surface area contributed by atoms with Crippen molar-refractivity contribution < 1.29 is 4.52 Å². The van der Waals surface area contributed by atoms with Crippen LogP contribution in [-0.4, -0.2) is 32.3 Å². The summed E-state index contributed by atoms with van der Waals surface area (Å²) in [7, 11) is 2.04. The lowest BCUT2D eigenvalue weighted by atomic mass is 10.1. The molecular formula is C19H22ClN5O. The van der Waals surface area contributed by atoms with Crippen molar-refractivity contribution in [1.82, 2.24) is 25.2 Å². The van der Waals surface area contributed by atoms with E-state index < -0.39 is 0 Å². The van der Waals surface area contributed by atoms with Crippen LogP contribution in [0.2, 0.25) is 5.02 Å². The molecule has 3 aromatic rings. The first kappa shape index (κ1) is 17.2. The van der Waals surface area contributed by atoms with Gasteiger partial charge in [0.2, 0.25) is 11.7 Å². The molecule has 0 fully saturated rings. The fraction of sp³-hybridized carbons (Fsp3) is 0.421. The van der Waals surface area contributed by atoms with Crippen molar-refractivity contribution in [3.8, 4) is 11.4 Å². The van der Waals surface area contributed by atoms with E-state index in [1.165, 1.54) is 30.5 Å². The number of benzene rings is 1. The SMILES string of the molecule is CN(Cc1nc(-c2cccc(Cl)c2)no1)Cc1n[nH]c2c1CCCCC2. The molecule has 1 N–H and O–H groups in total. The van der Waals surface area contributed by atoms with Crippen LogP contribution in [0.5, 0.6) is 0 Å². The monoisotopic (exact) mass is 371 g/mol. The second-order valence-electron chi connectivity index (χ2n) is 6.88. The highest BCUT2D eigenvalue weighted by Gasteiger charge is 2.18. The number of H-pyrrole nitrogens is 1. The van der Waals surface area contributed by atoms with Gasteiger partial charge in [-0.05, 0) is 50.4 Å². The maximum Gasteiger partial charge on any atom is 0.241 e. The molecule has 2 heterocycles. The summed E-state index contributed by atoms with van der Waals surface area (Å²) in [4.78, 5) is 6.64. The van der Waals surface area contributed by atoms with Crippen LogP contribution in [0.1, 0.15) is 42.1 Å². The number of aromatic nitrogens is 4. The quantitative estimate of drug-likeness (QED) is 0.686. The fourth-order valence-corrected chi connectivity index (χ4v) is 3.65. The molecule has 136 valence electrons. The second kappa shape index (κ2) is 7.60. The summed E-state index contributed by atoms with van der Waals surface area (Å²) < 4.78 is 5.41. The van der Waals surface area contributed by atoms with Crippen LogP contribution < -0.4 is 0 Å². The molecule has 7 heteroatoms. The Hall–Kier alpha value is -2.18. The smallest absolute Gasteiger partial charge is 0.241 e. The van der Waals surface area contributed by atoms with Gasteiger partial charge in [0.25, 0.3) is 0 Å². The van der Waals surface area contributed by atoms with Gasteiger partial charge in [-0.2, -0.15) is 10.1 Å². The van der Waals surface area contributed by atoms with E-state index >= 15 is 0 Å². The van der Waals surface area contributed by atoms with Crippen molar-refractivity contribution in [2.24, 2.45) is 0 Å². The maximum absolute atomic E-state index is 6.03. The van der Waals surface area contributed by atoms with E-state index in [9.17, 15) is 0 Å². The highest BCUT2D eigenvalue weighted by atomic mass is 35.5. The summed E-state index contributed by atoms with van der Waals surface area (Å²) in [6.45, 7) is 1.34. The molecule has 2 aromatic heterocycles. The Labute approximate surface area is 157 Å². The Morgan fingerprint density at radius 1 is 1.19 bits per heavy atom. The predicted octanol–water partition coefficient (Wildman–Crippen LogP) is 4.01. The van der Waals surface area contributed by atoms with Crippen molar-refractivity contribution in [2.75, 3.05) is 7.05 Å². The zero-order chi connectivity index (χ0) is 17.9. The van der Waals surface area contributed by atoms with Crippen LogP contribution in [0, 0.1) is 0 Å². The van der Waals surface area contributed by atoms with Crippen LogP contribution in [0.3, 0.4) is 0 Å². The fourth-order valence-electron chi connectivity index (χ4n) is 3.46. The minimum Gasteiger partial charge on any atom is -0.338 e. The first-order valence-electron chi connectivity index (χ1n) is 9.01. The first-order chi connectivity index (χ1) is 12.7. The van der Waals surface area contributed by atoms with E-state index in [1.54, 1.807) is 0 Å². The van der Waals surface area contributed by atoms with Crippen LogP contribution in [0.15, 0.2) is 28.8 Å². The number of hydrogen-bond acceptors (Lipinski definition) is 5. The largest absolute Gasteiger partial charge is 0.338 e. The minimum absolute atomic E-state index is 0.560. The van der Waals surface area contributed by atoms with Crippen molar-refractivity contribution in [3.63, 3.8) is 0 Å². The van der Waals surface area contributed by atoms with Gasteiger partial charge in [-0.1, -0.05) is 35.3 Å². The standard InChI is InChI=1S/C19H22ClN5O/c1-25(11-17-15-8-3-2-4-9-16(15)22-23-17)12-18-21-19(24-26-18)13-6-5-7-14(20)10-13/h5-7,10H,2-4,8-9,11-12H2,1H3,(H,22,23). The number of nitrogens with zero attached hydrogens (tertiary/aromatic N) is 4. The van der Waals surface area contributed by atoms with E-state index in [0.717, 1.165) is 30.6 Å². The van der Waals surface area contributed by atoms with Crippen LogP contribution in [-0.2, 0) is 25.9 Å². The molecule has 0 radical (unpaired) electrons. The van der Waals surface area contributed by atoms with Crippen LogP contribution in [0.25, 0.3) is 11.4 Å². The summed E-state index contributed by atoms with van der Waals surface area (Å²) in [5.41, 5.74) is 4.71. The van der Waals surface area contributed by atoms with Crippen LogP contribution >= 0.6 is 11.6 Å². The van der Waals surface area contributed by atoms with Crippen molar-refractivity contribution in [2.45, 2.75) is 45.2 Å². The minimum atomic E-state index is 0.560. The third kappa shape index (κ3) is 3.81. The number of halogens is 1. The summed E-state index contributed by atoms with van der Waals surface area (Å²) >= 11 is 6.03. The Kier molecular flexibility index (Phi) is 5.04. The lowest BCUT2D eigenvalue weighted by Gasteiger charge is -2.13. The first-order valence-corrected chi connectivity index (χ1v) is 9.39. The van der Waals surface area contributed by atoms with Gasteiger partial charge in [-0.15, -0.1) is 0 Å². The lowest BCUT2D eigenvalue weighted by molar-refractivity contribution is 0.258. The van der Waals surface area contributed by atoms with E-state index in [-0.39, 0.29) is 0 Å². The van der Waals surface area contributed by atoms with Gasteiger partial charge >= 0.3 is 0 Å². The molecule has 0 spiro atoms. The molecule has 6 nitrogen and oxygen atoms in total. The van der Waals surface area contributed by atoms with Crippen LogP contribution in [0.4, 0.5) is 0 Å². The second-order valence-corrected chi connectivity index (χ2v) is 7.32. The molecule has 0 saturated carbocycles. The summed E-state index contributed by atoms with van der Waals surface area (Å²) in [6, 6.07) is 7.46. The molecule has 26 heavy (non-hydrogen) atoms. The Morgan fingerprint density at radius 3 is 2.96 bits per heavy atom. The van der Waals surface area contributed by atoms with E-state index in [0.29, 0.717) is 23.3 Å². The van der Waals surface area contributed by atoms with Crippen molar-refractivity contribution >= 4 is 11.6 Å². The highest BCUT2D eigenvalue weighted by Crippen LogP contribution is 2.23. The molecule has 1 aromatic carbocycles. The van der Waals surface area contributed by atoms with Gasteiger partial charge in [0.05, 0.1) is 12.2 Å². The van der Waals surface area contributed by atoms with Gasteiger partial charge < -0.3 is 4.52 Å². The molecule has 1 aliphatic rings. The Bertz CT molecular complexity index is 888. The number of hydrogen-bond donors (Lipinski definition) is 1. The molecule has 0 saturated heterocycles. The molecule has 0 atom stereocenters. The third-order valence-corrected chi connectivity index (χ3v) is 5.00. The number of nitrogens with one attached hydrogen (secondary N) is 1. The molecule has 4 rings (SSSR count). The number of fused-ring (bicyclic) bond motifs is 1. The number of aryl methyl sites for hydroxylation is 1. The van der Waals surface area contributed by atoms with Gasteiger partial charge in [-0.25, -0.2) is 0 Å². The van der Waals surface area contributed by atoms with Gasteiger partial charge in [0.15, 0.2) is 0 Å². The zero-order valence-corrected chi connectivity index (χ0v) is 15.6. The Balaban J connectivity index is 1.43. The molecule has 0 aliphatic heterocycles. The zero-order valence-electron chi connectivity index (χ0n) is 14.8. The van der Waals surface area contributed by atoms with Crippen molar-refractivity contribution in [3.05, 3.63) is 52.1 Å². The average Bonchev–Trinajstić information content (AvgIpc) is 3.15. The molecule has 1 aliphatic carbocycles. The van der Waals surface area contributed by atoms with E-state index in [1.807, 2.05) is 31.3 Å². The summed E-state index contributed by atoms with van der Waals surface area (Å²) in [6.07, 6.45) is 6.02. The normalized spacial score (nSPS) is 14.4. The summed E-state index contributed by atoms with van der Waals surface area (Å²) in [5.74, 6) is 1.15. The molecule has 0 bridgehead atoms. The van der Waals surface area contributed by atoms with E-state index in [2.05, 4.69) is 25.2 Å². The topological polar surface area (TPSA) is 70.8 Å². The van der Waals surface area contributed by atoms with Gasteiger partial charge in [0, 0.05) is 22.8 Å². The molecule has 0 unspecified atom stereocenters. The predicted molar refractivity (Wildman–Crippen MR) is 99.8 cm³/mol. The Morgan fingerprint density at radius 2 is 2.08 bits per heavy atom. The van der Waals surface area contributed by atoms with Gasteiger partial charge in [0.1, 0.15) is 0 Å². The summed E-state index contributed by atoms with van der Waals surface area (Å²) in [5, 5.41) is 12.5. The number of aromatic amines is 1. The maximum atomic E-state index is 6.03. The van der Waals surface area contributed by atoms with E-state index in [4.69, 9.17) is 16.1 Å². The average molecular weight is 372 g/mol. The van der Waals surface area contributed by atoms with Crippen molar-refractivity contribution in [1.29, 1.82) is 0 Å². The molecule has 0 amide bonds. The third-order valence-electron chi connectivity index (χ3n) is 4.77. The number of rotatable bonds is 5. The molecular weight excluding hydrogens is 350 g/mol.